The van der Waals surface area contributed by atoms with Crippen molar-refractivity contribution in [3.63, 3.8) is 0 Å². The van der Waals surface area contributed by atoms with Gasteiger partial charge in [-0.3, -0.25) is 4.99 Å². The van der Waals surface area contributed by atoms with Gasteiger partial charge in [0, 0.05) is 38.2 Å². The van der Waals surface area contributed by atoms with Gasteiger partial charge >= 0.3 is 5.97 Å². The van der Waals surface area contributed by atoms with Crippen molar-refractivity contribution in [2.75, 3.05) is 11.9 Å². The number of aliphatic imine (C=N–C) groups is 1. The summed E-state index contributed by atoms with van der Waals surface area (Å²) in [6.07, 6.45) is 2.31. The highest BCUT2D eigenvalue weighted by Gasteiger charge is 2.33. The molecule has 1 N–H and O–H groups in total. The van der Waals surface area contributed by atoms with Crippen LogP contribution >= 0.6 is 50.5 Å². The van der Waals surface area contributed by atoms with Gasteiger partial charge in [0.25, 0.3) is 0 Å². The standard InChI is InChI=1S/C18H16BrCl2N3O2S/c1-2-26-18(25)14-13(5-6-19)23-16(17-22-7-8-27-17)24-15(14)11-4-3-10(20)9-12(11)21/h3-4,7-9,15H,2,5-6H2,1H3,(H,23,24). The lowest BCUT2D eigenvalue weighted by atomic mass is 9.94. The number of hydrogen-bond donors (Lipinski definition) is 1. The molecule has 5 nitrogen and oxygen atoms in total. The van der Waals surface area contributed by atoms with Crippen LogP contribution in [0.3, 0.4) is 0 Å². The Kier molecular flexibility index (Phi) is 6.92. The molecule has 3 rings (SSSR count). The van der Waals surface area contributed by atoms with Crippen LogP contribution in [0.2, 0.25) is 10.0 Å². The summed E-state index contributed by atoms with van der Waals surface area (Å²) in [6.45, 7) is 2.04. The average molecular weight is 489 g/mol. The van der Waals surface area contributed by atoms with Gasteiger partial charge in [-0.15, -0.1) is 11.3 Å². The van der Waals surface area contributed by atoms with E-state index in [9.17, 15) is 4.79 Å². The number of rotatable bonds is 6. The first-order valence-electron chi connectivity index (χ1n) is 8.20. The van der Waals surface area contributed by atoms with Crippen molar-refractivity contribution in [3.8, 4) is 0 Å². The maximum absolute atomic E-state index is 12.8. The van der Waals surface area contributed by atoms with Crippen LogP contribution in [-0.2, 0) is 9.53 Å². The maximum Gasteiger partial charge on any atom is 0.338 e. The highest BCUT2D eigenvalue weighted by molar-refractivity contribution is 9.09. The fraction of sp³-hybridized carbons (Fsp3) is 0.278. The average Bonchev–Trinajstić information content (AvgIpc) is 3.16. The summed E-state index contributed by atoms with van der Waals surface area (Å²) in [4.78, 5) is 21.8. The highest BCUT2D eigenvalue weighted by atomic mass is 79.9. The fourth-order valence-electron chi connectivity index (χ4n) is 2.73. The van der Waals surface area contributed by atoms with E-state index >= 15 is 0 Å². The van der Waals surface area contributed by atoms with E-state index in [0.717, 1.165) is 10.7 Å². The van der Waals surface area contributed by atoms with Gasteiger partial charge < -0.3 is 10.1 Å². The minimum absolute atomic E-state index is 0.272. The number of ether oxygens (including phenoxy) is 1. The number of amidine groups is 1. The number of nitrogens with one attached hydrogen (secondary N) is 1. The minimum atomic E-state index is -0.608. The Hall–Kier alpha value is -1.41. The van der Waals surface area contributed by atoms with Gasteiger partial charge in [0.05, 0.1) is 12.2 Å². The van der Waals surface area contributed by atoms with Crippen LogP contribution in [0, 0.1) is 0 Å². The number of allylic oxidation sites excluding steroid dienone is 1. The van der Waals surface area contributed by atoms with E-state index in [0.29, 0.717) is 38.8 Å². The Morgan fingerprint density at radius 3 is 2.85 bits per heavy atom. The number of aromatic nitrogens is 1. The molecule has 0 fully saturated rings. The van der Waals surface area contributed by atoms with Crippen LogP contribution in [0.1, 0.15) is 30.0 Å². The van der Waals surface area contributed by atoms with Crippen LogP contribution in [0.15, 0.2) is 46.0 Å². The van der Waals surface area contributed by atoms with Gasteiger partial charge in [0.1, 0.15) is 6.04 Å². The van der Waals surface area contributed by atoms with E-state index < -0.39 is 12.0 Å². The zero-order chi connectivity index (χ0) is 19.4. The lowest BCUT2D eigenvalue weighted by molar-refractivity contribution is -0.139. The number of halogens is 3. The first-order chi connectivity index (χ1) is 13.0. The molecule has 1 aliphatic rings. The Labute approximate surface area is 179 Å². The van der Waals surface area contributed by atoms with Crippen LogP contribution < -0.4 is 5.32 Å². The number of benzene rings is 1. The molecule has 1 aliphatic heterocycles. The number of esters is 1. The minimum Gasteiger partial charge on any atom is -0.463 e. The van der Waals surface area contributed by atoms with Crippen LogP contribution in [0.4, 0.5) is 0 Å². The van der Waals surface area contributed by atoms with Crippen LogP contribution in [0.25, 0.3) is 0 Å². The summed E-state index contributed by atoms with van der Waals surface area (Å²) in [6, 6.07) is 4.56. The van der Waals surface area contributed by atoms with Crippen LogP contribution in [0.5, 0.6) is 0 Å². The molecule has 1 unspecified atom stereocenters. The van der Waals surface area contributed by atoms with E-state index in [2.05, 4.69) is 26.2 Å². The molecule has 0 saturated carbocycles. The Bertz CT molecular complexity index is 900. The Morgan fingerprint density at radius 2 is 2.22 bits per heavy atom. The third-order valence-electron chi connectivity index (χ3n) is 3.86. The summed E-state index contributed by atoms with van der Waals surface area (Å²) in [7, 11) is 0. The second kappa shape index (κ2) is 9.19. The van der Waals surface area contributed by atoms with Crippen LogP contribution in [-0.4, -0.2) is 28.7 Å². The van der Waals surface area contributed by atoms with Crippen molar-refractivity contribution in [2.45, 2.75) is 19.4 Å². The van der Waals surface area contributed by atoms with E-state index in [4.69, 9.17) is 32.9 Å². The number of hydrogen-bond acceptors (Lipinski definition) is 6. The van der Waals surface area contributed by atoms with Gasteiger partial charge in [0.15, 0.2) is 10.8 Å². The molecular formula is C18H16BrCl2N3O2S. The van der Waals surface area contributed by atoms with Crippen molar-refractivity contribution in [1.29, 1.82) is 0 Å². The smallest absolute Gasteiger partial charge is 0.338 e. The molecule has 1 aromatic carbocycles. The molecule has 2 aromatic rings. The molecular weight excluding hydrogens is 473 g/mol. The SMILES string of the molecule is CCOC(=O)C1=C(CCBr)NC(c2nccs2)=NC1c1ccc(Cl)cc1Cl. The van der Waals surface area contributed by atoms with E-state index in [-0.39, 0.29) is 6.61 Å². The summed E-state index contributed by atoms with van der Waals surface area (Å²) >= 11 is 17.4. The summed E-state index contributed by atoms with van der Waals surface area (Å²) < 4.78 is 5.30. The topological polar surface area (TPSA) is 63.6 Å². The summed E-state index contributed by atoms with van der Waals surface area (Å²) in [5, 5.41) is 7.49. The first kappa shape index (κ1) is 20.3. The third-order valence-corrected chi connectivity index (χ3v) is 5.60. The van der Waals surface area contributed by atoms with E-state index in [1.165, 1.54) is 11.3 Å². The molecule has 0 aliphatic carbocycles. The number of carbonyl (C=O) groups is 1. The second-order valence-electron chi connectivity index (χ2n) is 5.56. The van der Waals surface area contributed by atoms with Crippen molar-refractivity contribution in [2.24, 2.45) is 4.99 Å². The Morgan fingerprint density at radius 1 is 1.41 bits per heavy atom. The molecule has 0 spiro atoms. The zero-order valence-electron chi connectivity index (χ0n) is 14.3. The predicted octanol–water partition coefficient (Wildman–Crippen LogP) is 5.14. The molecule has 27 heavy (non-hydrogen) atoms. The van der Waals surface area contributed by atoms with E-state index in [1.807, 2.05) is 5.38 Å². The third kappa shape index (κ3) is 4.54. The summed E-state index contributed by atoms with van der Waals surface area (Å²) in [5.74, 6) is 0.184. The molecule has 0 bridgehead atoms. The molecule has 1 aromatic heterocycles. The molecule has 9 heteroatoms. The molecule has 0 saturated heterocycles. The van der Waals surface area contributed by atoms with Gasteiger partial charge in [-0.25, -0.2) is 9.78 Å². The quantitative estimate of drug-likeness (QED) is 0.451. The maximum atomic E-state index is 12.8. The molecule has 0 amide bonds. The van der Waals surface area contributed by atoms with Gasteiger partial charge in [-0.1, -0.05) is 45.2 Å². The van der Waals surface area contributed by atoms with Crippen molar-refractivity contribution in [1.82, 2.24) is 10.3 Å². The fourth-order valence-corrected chi connectivity index (χ4v) is 4.23. The number of carbonyl (C=O) groups excluding carboxylic acids is 1. The number of nitrogens with zero attached hydrogens (tertiary/aromatic N) is 2. The molecule has 1 atom stereocenters. The van der Waals surface area contributed by atoms with Gasteiger partial charge in [-0.2, -0.15) is 0 Å². The largest absolute Gasteiger partial charge is 0.463 e. The van der Waals surface area contributed by atoms with Gasteiger partial charge in [0.2, 0.25) is 0 Å². The van der Waals surface area contributed by atoms with Gasteiger partial charge in [-0.05, 0) is 25.5 Å². The lowest BCUT2D eigenvalue weighted by Crippen LogP contribution is -2.34. The van der Waals surface area contributed by atoms with Crippen molar-refractivity contribution >= 4 is 62.3 Å². The van der Waals surface area contributed by atoms with Crippen molar-refractivity contribution in [3.05, 3.63) is 61.7 Å². The molecule has 2 heterocycles. The summed E-state index contributed by atoms with van der Waals surface area (Å²) in [5.41, 5.74) is 1.87. The first-order valence-corrected chi connectivity index (χ1v) is 11.0. The molecule has 142 valence electrons. The predicted molar refractivity (Wildman–Crippen MR) is 113 cm³/mol. The Balaban J connectivity index is 2.16. The molecule has 0 radical (unpaired) electrons. The zero-order valence-corrected chi connectivity index (χ0v) is 18.3. The number of thiazole rings is 1. The number of alkyl halides is 1. The second-order valence-corrected chi connectivity index (χ2v) is 8.09. The highest BCUT2D eigenvalue weighted by Crippen LogP contribution is 2.38. The normalized spacial score (nSPS) is 16.7. The monoisotopic (exact) mass is 487 g/mol. The van der Waals surface area contributed by atoms with E-state index in [1.54, 1.807) is 31.3 Å². The lowest BCUT2D eigenvalue weighted by Gasteiger charge is -2.27. The van der Waals surface area contributed by atoms with Crippen molar-refractivity contribution < 1.29 is 9.53 Å².